The lowest BCUT2D eigenvalue weighted by atomic mass is 10.1. The first kappa shape index (κ1) is 13.7. The minimum Gasteiger partial charge on any atom is -0.337 e. The number of carbonyl (C=O) groups is 1. The number of rotatable bonds is 2. The second-order valence-corrected chi connectivity index (χ2v) is 5.03. The average molecular weight is 287 g/mol. The maximum absolute atomic E-state index is 13.7. The van der Waals surface area contributed by atoms with Crippen molar-refractivity contribution in [2.75, 3.05) is 13.1 Å². The van der Waals surface area contributed by atoms with Gasteiger partial charge in [-0.1, -0.05) is 0 Å². The largest absolute Gasteiger partial charge is 0.337 e. The number of nitrogens with zero attached hydrogens (tertiary/aromatic N) is 2. The van der Waals surface area contributed by atoms with Crippen LogP contribution in [0.15, 0.2) is 18.2 Å². The number of nitro benzene ring substituents is 1. The van der Waals surface area contributed by atoms with Crippen LogP contribution in [0.4, 0.5) is 10.1 Å². The highest BCUT2D eigenvalue weighted by atomic mass is 35.5. The van der Waals surface area contributed by atoms with Crippen molar-refractivity contribution in [2.24, 2.45) is 0 Å². The van der Waals surface area contributed by atoms with Crippen molar-refractivity contribution in [3.05, 3.63) is 39.7 Å². The Morgan fingerprint density at radius 2 is 2.26 bits per heavy atom. The van der Waals surface area contributed by atoms with Crippen LogP contribution >= 0.6 is 11.6 Å². The predicted molar refractivity (Wildman–Crippen MR) is 67.8 cm³/mol. The number of benzene rings is 1. The summed E-state index contributed by atoms with van der Waals surface area (Å²) in [4.78, 5) is 23.4. The number of likely N-dealkylation sites (tertiary alicyclic amines) is 1. The number of amides is 1. The lowest BCUT2D eigenvalue weighted by Crippen LogP contribution is -2.40. The van der Waals surface area contributed by atoms with E-state index in [4.69, 9.17) is 11.6 Å². The first-order chi connectivity index (χ1) is 8.99. The molecule has 2 rings (SSSR count). The maximum atomic E-state index is 13.7. The number of nitro groups is 1. The number of alkyl halides is 1. The second-order valence-electron chi connectivity index (χ2n) is 4.41. The molecule has 1 aliphatic rings. The first-order valence-electron chi connectivity index (χ1n) is 5.86. The van der Waals surface area contributed by atoms with Crippen molar-refractivity contribution >= 4 is 23.2 Å². The van der Waals surface area contributed by atoms with Gasteiger partial charge in [-0.3, -0.25) is 14.9 Å². The Balaban J connectivity index is 2.21. The Kier molecular flexibility index (Phi) is 3.99. The van der Waals surface area contributed by atoms with E-state index in [9.17, 15) is 19.3 Å². The molecule has 0 bridgehead atoms. The summed E-state index contributed by atoms with van der Waals surface area (Å²) in [5, 5.41) is 10.4. The van der Waals surface area contributed by atoms with Crippen molar-refractivity contribution in [3.8, 4) is 0 Å². The average Bonchev–Trinajstić information content (AvgIpc) is 2.37. The van der Waals surface area contributed by atoms with E-state index in [0.29, 0.717) is 13.1 Å². The molecule has 0 N–H and O–H groups in total. The highest BCUT2D eigenvalue weighted by Crippen LogP contribution is 2.21. The molecule has 0 aromatic heterocycles. The van der Waals surface area contributed by atoms with Crippen molar-refractivity contribution in [1.29, 1.82) is 0 Å². The highest BCUT2D eigenvalue weighted by molar-refractivity contribution is 6.21. The van der Waals surface area contributed by atoms with Crippen LogP contribution in [0.1, 0.15) is 23.2 Å². The number of non-ortho nitro benzene ring substituents is 1. The lowest BCUT2D eigenvalue weighted by Gasteiger charge is -2.29. The van der Waals surface area contributed by atoms with Gasteiger partial charge in [0.05, 0.1) is 21.9 Å². The summed E-state index contributed by atoms with van der Waals surface area (Å²) in [6.07, 6.45) is 1.60. The third-order valence-electron chi connectivity index (χ3n) is 3.04. The fourth-order valence-corrected chi connectivity index (χ4v) is 2.39. The van der Waals surface area contributed by atoms with E-state index in [2.05, 4.69) is 0 Å². The molecule has 19 heavy (non-hydrogen) atoms. The molecule has 1 amide bonds. The van der Waals surface area contributed by atoms with Crippen LogP contribution in [-0.4, -0.2) is 34.2 Å². The Morgan fingerprint density at radius 1 is 1.53 bits per heavy atom. The van der Waals surface area contributed by atoms with E-state index in [0.717, 1.165) is 31.0 Å². The summed E-state index contributed by atoms with van der Waals surface area (Å²) in [6, 6.07) is 3.03. The van der Waals surface area contributed by atoms with Gasteiger partial charge in [0, 0.05) is 19.2 Å². The van der Waals surface area contributed by atoms with Gasteiger partial charge in [0.2, 0.25) is 0 Å². The van der Waals surface area contributed by atoms with Crippen molar-refractivity contribution in [3.63, 3.8) is 0 Å². The molecule has 0 saturated carbocycles. The van der Waals surface area contributed by atoms with Crippen molar-refractivity contribution in [2.45, 2.75) is 18.2 Å². The lowest BCUT2D eigenvalue weighted by molar-refractivity contribution is -0.385. The van der Waals surface area contributed by atoms with Crippen LogP contribution < -0.4 is 0 Å². The second kappa shape index (κ2) is 5.52. The van der Waals surface area contributed by atoms with Gasteiger partial charge >= 0.3 is 0 Å². The summed E-state index contributed by atoms with van der Waals surface area (Å²) in [7, 11) is 0. The van der Waals surface area contributed by atoms with Gasteiger partial charge in [0.15, 0.2) is 0 Å². The van der Waals surface area contributed by atoms with E-state index in [1.165, 1.54) is 4.90 Å². The SMILES string of the molecule is O=C(c1ccc([N+](=O)[O-])cc1F)N1CCCC(Cl)C1. The van der Waals surface area contributed by atoms with Gasteiger partial charge in [0.25, 0.3) is 11.6 Å². The molecule has 1 heterocycles. The molecule has 7 heteroatoms. The molecule has 1 saturated heterocycles. The summed E-state index contributed by atoms with van der Waals surface area (Å²) in [5.41, 5.74) is -0.528. The summed E-state index contributed by atoms with van der Waals surface area (Å²) >= 11 is 5.97. The fourth-order valence-electron chi connectivity index (χ4n) is 2.07. The topological polar surface area (TPSA) is 63.4 Å². The summed E-state index contributed by atoms with van der Waals surface area (Å²) < 4.78 is 13.7. The zero-order chi connectivity index (χ0) is 14.0. The minimum absolute atomic E-state index is 0.126. The molecular weight excluding hydrogens is 275 g/mol. The number of hydrogen-bond acceptors (Lipinski definition) is 3. The normalized spacial score (nSPS) is 19.3. The molecular formula is C12H12ClFN2O3. The molecule has 1 aromatic rings. The van der Waals surface area contributed by atoms with Crippen LogP contribution in [0.25, 0.3) is 0 Å². The van der Waals surface area contributed by atoms with Crippen LogP contribution in [0.5, 0.6) is 0 Å². The third kappa shape index (κ3) is 3.01. The van der Waals surface area contributed by atoms with Gasteiger partial charge in [-0.2, -0.15) is 0 Å². The monoisotopic (exact) mass is 286 g/mol. The molecule has 0 aliphatic carbocycles. The molecule has 1 fully saturated rings. The van der Waals surface area contributed by atoms with E-state index in [-0.39, 0.29) is 16.6 Å². The zero-order valence-electron chi connectivity index (χ0n) is 10.0. The molecule has 0 radical (unpaired) electrons. The molecule has 1 unspecified atom stereocenters. The zero-order valence-corrected chi connectivity index (χ0v) is 10.8. The molecule has 1 aliphatic heterocycles. The van der Waals surface area contributed by atoms with Crippen LogP contribution in [0.3, 0.4) is 0 Å². The van der Waals surface area contributed by atoms with Gasteiger partial charge in [-0.15, -0.1) is 11.6 Å². The standard InChI is InChI=1S/C12H12ClFN2O3/c13-8-2-1-5-15(7-8)12(17)10-4-3-9(16(18)19)6-11(10)14/h3-4,6,8H,1-2,5,7H2. The smallest absolute Gasteiger partial charge is 0.272 e. The van der Waals surface area contributed by atoms with Gasteiger partial charge in [-0.05, 0) is 18.9 Å². The Morgan fingerprint density at radius 3 is 2.84 bits per heavy atom. The van der Waals surface area contributed by atoms with E-state index in [1.807, 2.05) is 0 Å². The fraction of sp³-hybridized carbons (Fsp3) is 0.417. The first-order valence-corrected chi connectivity index (χ1v) is 6.30. The van der Waals surface area contributed by atoms with E-state index >= 15 is 0 Å². The third-order valence-corrected chi connectivity index (χ3v) is 3.40. The highest BCUT2D eigenvalue weighted by Gasteiger charge is 2.25. The number of piperidine rings is 1. The van der Waals surface area contributed by atoms with E-state index < -0.39 is 16.6 Å². The number of hydrogen-bond donors (Lipinski definition) is 0. The van der Waals surface area contributed by atoms with Crippen molar-refractivity contribution in [1.82, 2.24) is 4.90 Å². The molecule has 1 aromatic carbocycles. The number of carbonyl (C=O) groups excluding carboxylic acids is 1. The summed E-state index contributed by atoms with van der Waals surface area (Å²) in [6.45, 7) is 0.898. The minimum atomic E-state index is -0.879. The Labute approximate surface area is 114 Å². The molecule has 0 spiro atoms. The van der Waals surface area contributed by atoms with Crippen LogP contribution in [0.2, 0.25) is 0 Å². The Bertz CT molecular complexity index is 524. The molecule has 1 atom stereocenters. The van der Waals surface area contributed by atoms with E-state index in [1.54, 1.807) is 0 Å². The molecule has 102 valence electrons. The van der Waals surface area contributed by atoms with Gasteiger partial charge < -0.3 is 4.90 Å². The van der Waals surface area contributed by atoms with Crippen LogP contribution in [-0.2, 0) is 0 Å². The van der Waals surface area contributed by atoms with Gasteiger partial charge in [0.1, 0.15) is 5.82 Å². The van der Waals surface area contributed by atoms with Crippen molar-refractivity contribution < 1.29 is 14.1 Å². The number of halogens is 2. The predicted octanol–water partition coefficient (Wildman–Crippen LogP) is 2.58. The van der Waals surface area contributed by atoms with Crippen LogP contribution in [0, 0.1) is 15.9 Å². The Hall–Kier alpha value is -1.69. The summed E-state index contributed by atoms with van der Waals surface area (Å²) in [5.74, 6) is -1.35. The van der Waals surface area contributed by atoms with Gasteiger partial charge in [-0.25, -0.2) is 4.39 Å². The maximum Gasteiger partial charge on any atom is 0.272 e. The molecule has 5 nitrogen and oxygen atoms in total. The quantitative estimate of drug-likeness (QED) is 0.477.